The Hall–Kier alpha value is -2.69. The molecule has 5 heteroatoms. The van der Waals surface area contributed by atoms with Gasteiger partial charge in [-0.1, -0.05) is 6.07 Å². The van der Waals surface area contributed by atoms with Gasteiger partial charge in [-0.2, -0.15) is 4.40 Å². The van der Waals surface area contributed by atoms with E-state index in [0.29, 0.717) is 0 Å². The van der Waals surface area contributed by atoms with Gasteiger partial charge in [0.05, 0.1) is 17.3 Å². The SMILES string of the molecule is Cc1nc2nccc(-c3c(C)[nH]c4cccc[n+]34)c2[nH]1. The van der Waals surface area contributed by atoms with Crippen molar-refractivity contribution in [1.29, 1.82) is 0 Å². The highest BCUT2D eigenvalue weighted by atomic mass is 15.0. The zero-order valence-electron chi connectivity index (χ0n) is 11.3. The van der Waals surface area contributed by atoms with Gasteiger partial charge in [0.25, 0.3) is 5.65 Å². The van der Waals surface area contributed by atoms with Crippen molar-refractivity contribution >= 4 is 16.8 Å². The lowest BCUT2D eigenvalue weighted by atomic mass is 10.1. The van der Waals surface area contributed by atoms with Crippen LogP contribution in [0.15, 0.2) is 36.7 Å². The normalized spacial score (nSPS) is 11.5. The van der Waals surface area contributed by atoms with Crippen molar-refractivity contribution in [2.24, 2.45) is 0 Å². The van der Waals surface area contributed by atoms with Gasteiger partial charge in [0.1, 0.15) is 11.5 Å². The highest BCUT2D eigenvalue weighted by Gasteiger charge is 2.20. The Balaban J connectivity index is 2.13. The molecular weight excluding hydrogens is 250 g/mol. The predicted molar refractivity (Wildman–Crippen MR) is 76.3 cm³/mol. The maximum Gasteiger partial charge on any atom is 0.284 e. The molecule has 0 spiro atoms. The van der Waals surface area contributed by atoms with Gasteiger partial charge in [-0.05, 0) is 19.1 Å². The minimum atomic E-state index is 0.755. The van der Waals surface area contributed by atoms with E-state index in [1.165, 1.54) is 0 Å². The molecule has 0 aliphatic carbocycles. The molecule has 0 aliphatic heterocycles. The minimum absolute atomic E-state index is 0.755. The van der Waals surface area contributed by atoms with Gasteiger partial charge < -0.3 is 4.98 Å². The highest BCUT2D eigenvalue weighted by molar-refractivity contribution is 5.88. The van der Waals surface area contributed by atoms with Crippen molar-refractivity contribution in [3.8, 4) is 11.3 Å². The number of hydrogen-bond acceptors (Lipinski definition) is 2. The Bertz CT molecular complexity index is 932. The smallest absolute Gasteiger partial charge is 0.284 e. The minimum Gasteiger partial charge on any atom is -0.340 e. The summed E-state index contributed by atoms with van der Waals surface area (Å²) in [4.78, 5) is 15.4. The van der Waals surface area contributed by atoms with Crippen LogP contribution in [-0.4, -0.2) is 19.9 Å². The number of H-pyrrole nitrogens is 2. The van der Waals surface area contributed by atoms with Crippen LogP contribution in [0.1, 0.15) is 11.5 Å². The quantitative estimate of drug-likeness (QED) is 0.518. The topological polar surface area (TPSA) is 61.5 Å². The molecule has 98 valence electrons. The molecule has 0 aliphatic rings. The van der Waals surface area contributed by atoms with Crippen LogP contribution in [0.25, 0.3) is 28.1 Å². The highest BCUT2D eigenvalue weighted by Crippen LogP contribution is 2.26. The molecule has 2 N–H and O–H groups in total. The van der Waals surface area contributed by atoms with Crippen LogP contribution < -0.4 is 4.40 Å². The first-order chi connectivity index (χ1) is 9.74. The van der Waals surface area contributed by atoms with E-state index in [-0.39, 0.29) is 0 Å². The molecule has 4 heterocycles. The summed E-state index contributed by atoms with van der Waals surface area (Å²) in [6.07, 6.45) is 3.86. The summed E-state index contributed by atoms with van der Waals surface area (Å²) in [6.45, 7) is 4.03. The molecule has 0 bridgehead atoms. The number of aromatic amines is 2. The monoisotopic (exact) mass is 264 g/mol. The van der Waals surface area contributed by atoms with Crippen LogP contribution in [-0.2, 0) is 0 Å². The lowest BCUT2D eigenvalue weighted by molar-refractivity contribution is -0.498. The first-order valence-corrected chi connectivity index (χ1v) is 6.55. The number of rotatable bonds is 1. The molecule has 0 fully saturated rings. The van der Waals surface area contributed by atoms with Gasteiger partial charge in [-0.25, -0.2) is 15.0 Å². The average molecular weight is 264 g/mol. The maximum absolute atomic E-state index is 4.41. The molecule has 4 aromatic rings. The molecule has 0 radical (unpaired) electrons. The summed E-state index contributed by atoms with van der Waals surface area (Å²) < 4.78 is 2.15. The first kappa shape index (κ1) is 11.2. The van der Waals surface area contributed by atoms with Crippen LogP contribution in [0.3, 0.4) is 0 Å². The third kappa shape index (κ3) is 1.46. The summed E-state index contributed by atoms with van der Waals surface area (Å²) in [6, 6.07) is 8.14. The van der Waals surface area contributed by atoms with E-state index in [1.54, 1.807) is 6.20 Å². The van der Waals surface area contributed by atoms with Gasteiger partial charge in [0.2, 0.25) is 0 Å². The summed E-state index contributed by atoms with van der Waals surface area (Å²) in [7, 11) is 0. The summed E-state index contributed by atoms with van der Waals surface area (Å²) in [5, 5.41) is 0. The van der Waals surface area contributed by atoms with E-state index >= 15 is 0 Å². The van der Waals surface area contributed by atoms with Gasteiger partial charge in [0, 0.05) is 19.2 Å². The molecule has 0 amide bonds. The van der Waals surface area contributed by atoms with Gasteiger partial charge in [-0.15, -0.1) is 0 Å². The molecule has 0 saturated heterocycles. The van der Waals surface area contributed by atoms with Crippen molar-refractivity contribution in [3.05, 3.63) is 48.2 Å². The van der Waals surface area contributed by atoms with Gasteiger partial charge >= 0.3 is 0 Å². The van der Waals surface area contributed by atoms with E-state index in [0.717, 1.165) is 39.6 Å². The zero-order chi connectivity index (χ0) is 13.7. The number of nitrogens with zero attached hydrogens (tertiary/aromatic N) is 3. The lowest BCUT2D eigenvalue weighted by Crippen LogP contribution is -2.21. The fourth-order valence-electron chi connectivity index (χ4n) is 2.73. The van der Waals surface area contributed by atoms with E-state index in [4.69, 9.17) is 0 Å². The van der Waals surface area contributed by atoms with Gasteiger partial charge in [-0.3, -0.25) is 0 Å². The fourth-order valence-corrected chi connectivity index (χ4v) is 2.73. The Kier molecular flexibility index (Phi) is 2.18. The number of fused-ring (bicyclic) bond motifs is 2. The van der Waals surface area contributed by atoms with Crippen molar-refractivity contribution < 1.29 is 4.40 Å². The fraction of sp³-hybridized carbons (Fsp3) is 0.133. The van der Waals surface area contributed by atoms with Crippen molar-refractivity contribution in [2.75, 3.05) is 0 Å². The van der Waals surface area contributed by atoms with Crippen LogP contribution >= 0.6 is 0 Å². The molecule has 0 saturated carbocycles. The van der Waals surface area contributed by atoms with Crippen LogP contribution in [0.4, 0.5) is 0 Å². The molecule has 0 aromatic carbocycles. The number of hydrogen-bond donors (Lipinski definition) is 2. The van der Waals surface area contributed by atoms with Crippen LogP contribution in [0, 0.1) is 13.8 Å². The molecule has 5 nitrogen and oxygen atoms in total. The summed E-state index contributed by atoms with van der Waals surface area (Å²) >= 11 is 0. The summed E-state index contributed by atoms with van der Waals surface area (Å²) in [5.41, 5.74) is 6.17. The van der Waals surface area contributed by atoms with E-state index < -0.39 is 0 Å². The van der Waals surface area contributed by atoms with E-state index in [9.17, 15) is 0 Å². The van der Waals surface area contributed by atoms with Gasteiger partial charge in [0.15, 0.2) is 11.3 Å². The third-order valence-corrected chi connectivity index (χ3v) is 3.54. The average Bonchev–Trinajstić information content (AvgIpc) is 2.96. The van der Waals surface area contributed by atoms with Crippen molar-refractivity contribution in [1.82, 2.24) is 19.9 Å². The predicted octanol–water partition coefficient (Wildman–Crippen LogP) is 2.31. The molecule has 4 rings (SSSR count). The second kappa shape index (κ2) is 3.90. The maximum atomic E-state index is 4.41. The molecular formula is C15H14N5+. The first-order valence-electron chi connectivity index (χ1n) is 6.55. The zero-order valence-corrected chi connectivity index (χ0v) is 11.3. The molecule has 4 aromatic heterocycles. The number of aryl methyl sites for hydroxylation is 2. The van der Waals surface area contributed by atoms with Crippen LogP contribution in [0.5, 0.6) is 0 Å². The molecule has 20 heavy (non-hydrogen) atoms. The van der Waals surface area contributed by atoms with E-state index in [1.807, 2.05) is 25.1 Å². The third-order valence-electron chi connectivity index (χ3n) is 3.54. The largest absolute Gasteiger partial charge is 0.340 e. The van der Waals surface area contributed by atoms with Crippen molar-refractivity contribution in [3.63, 3.8) is 0 Å². The Morgan fingerprint density at radius 2 is 2.00 bits per heavy atom. The Morgan fingerprint density at radius 3 is 2.90 bits per heavy atom. The second-order valence-electron chi connectivity index (χ2n) is 4.93. The lowest BCUT2D eigenvalue weighted by Gasteiger charge is -1.99. The number of pyridine rings is 2. The Labute approximate surface area is 115 Å². The Morgan fingerprint density at radius 1 is 1.10 bits per heavy atom. The second-order valence-corrected chi connectivity index (χ2v) is 4.93. The molecule has 0 unspecified atom stereocenters. The van der Waals surface area contributed by atoms with E-state index in [2.05, 4.69) is 43.5 Å². The van der Waals surface area contributed by atoms with Crippen LogP contribution in [0.2, 0.25) is 0 Å². The number of nitrogens with one attached hydrogen (secondary N) is 2. The standard InChI is InChI=1S/C15H13N5/c1-9-14(20-8-4-3-5-12(20)17-9)11-6-7-16-15-13(11)18-10(2)19-15/h3-8H,1-2H3,(H,16,18,19)/p+1. The summed E-state index contributed by atoms with van der Waals surface area (Å²) in [5.74, 6) is 0.877. The number of aromatic nitrogens is 5. The van der Waals surface area contributed by atoms with Crippen molar-refractivity contribution in [2.45, 2.75) is 13.8 Å². The molecule has 0 atom stereocenters. The number of imidazole rings is 2.